The van der Waals surface area contributed by atoms with Crippen molar-refractivity contribution in [2.24, 2.45) is 0 Å². The Balaban J connectivity index is 0.000000217. The summed E-state index contributed by atoms with van der Waals surface area (Å²) in [6.07, 6.45) is 2.39. The van der Waals surface area contributed by atoms with E-state index in [-0.39, 0.29) is 11.8 Å². The van der Waals surface area contributed by atoms with Gasteiger partial charge in [-0.05, 0) is 0 Å². The van der Waals surface area contributed by atoms with Crippen LogP contribution < -0.4 is 5.32 Å². The number of hydrogen-bond donors (Lipinski definition) is 2. The van der Waals surface area contributed by atoms with Crippen molar-refractivity contribution < 1.29 is 26.4 Å². The monoisotopic (exact) mass is 197 g/mol. The third-order valence-electron chi connectivity index (χ3n) is 0.632. The van der Waals surface area contributed by atoms with Crippen LogP contribution in [0.2, 0.25) is 0 Å². The molecular formula is C4H4FNO5S. The van der Waals surface area contributed by atoms with E-state index in [1.54, 1.807) is 0 Å². The number of nitrogens with one attached hydrogen (secondary N) is 1. The molecule has 2 N–H and O–H groups in total. The van der Waals surface area contributed by atoms with Crippen molar-refractivity contribution in [1.82, 2.24) is 5.32 Å². The summed E-state index contributed by atoms with van der Waals surface area (Å²) in [5, 5.41) is 2.03. The lowest BCUT2D eigenvalue weighted by Gasteiger charge is -1.80. The summed E-state index contributed by atoms with van der Waals surface area (Å²) >= 11 is 0. The van der Waals surface area contributed by atoms with Gasteiger partial charge in [-0.25, -0.2) is 0 Å². The van der Waals surface area contributed by atoms with Crippen LogP contribution in [0.15, 0.2) is 12.2 Å². The molecular weight excluding hydrogens is 193 g/mol. The summed E-state index contributed by atoms with van der Waals surface area (Å²) in [5.41, 5.74) is 0. The number of rotatable bonds is 0. The molecule has 0 unspecified atom stereocenters. The Morgan fingerprint density at radius 2 is 1.50 bits per heavy atom. The topological polar surface area (TPSA) is 101 Å². The normalized spacial score (nSPS) is 15.2. The average Bonchev–Trinajstić information content (AvgIpc) is 2.09. The van der Waals surface area contributed by atoms with Crippen molar-refractivity contribution >= 4 is 22.3 Å². The fourth-order valence-corrected chi connectivity index (χ4v) is 0.356. The van der Waals surface area contributed by atoms with E-state index < -0.39 is 10.5 Å². The zero-order chi connectivity index (χ0) is 9.78. The van der Waals surface area contributed by atoms with Gasteiger partial charge in [0.25, 0.3) is 11.8 Å². The molecule has 0 aromatic rings. The Morgan fingerprint density at radius 3 is 1.58 bits per heavy atom. The van der Waals surface area contributed by atoms with Gasteiger partial charge in [0.05, 0.1) is 0 Å². The summed E-state index contributed by atoms with van der Waals surface area (Å²) in [6.45, 7) is 0. The van der Waals surface area contributed by atoms with Crippen molar-refractivity contribution in [2.45, 2.75) is 0 Å². The van der Waals surface area contributed by atoms with E-state index in [0.717, 1.165) is 0 Å². The molecule has 1 aliphatic heterocycles. The highest BCUT2D eigenvalue weighted by Crippen LogP contribution is 1.82. The molecule has 0 aliphatic carbocycles. The van der Waals surface area contributed by atoms with E-state index in [9.17, 15) is 13.5 Å². The van der Waals surface area contributed by atoms with Crippen LogP contribution in [0.5, 0.6) is 0 Å². The van der Waals surface area contributed by atoms with Crippen LogP contribution in [0.1, 0.15) is 0 Å². The van der Waals surface area contributed by atoms with Crippen molar-refractivity contribution in [2.75, 3.05) is 0 Å². The van der Waals surface area contributed by atoms with Crippen LogP contribution in [0, 0.1) is 0 Å². The highest BCUT2D eigenvalue weighted by molar-refractivity contribution is 7.80. The molecule has 0 radical (unpaired) electrons. The first-order valence-corrected chi connectivity index (χ1v) is 3.83. The molecule has 0 atom stereocenters. The maximum atomic E-state index is 10.2. The molecule has 0 aromatic carbocycles. The Bertz CT molecular complexity index is 294. The Hall–Kier alpha value is -1.28. The molecule has 2 amide bonds. The maximum Gasteiger partial charge on any atom is 0.435 e. The Labute approximate surface area is 67.1 Å². The quantitative estimate of drug-likeness (QED) is 0.293. The van der Waals surface area contributed by atoms with E-state index in [0.29, 0.717) is 0 Å². The summed E-state index contributed by atoms with van der Waals surface area (Å²) in [5.74, 6) is -0.657. The smallest absolute Gasteiger partial charge is 0.289 e. The zero-order valence-electron chi connectivity index (χ0n) is 5.52. The third-order valence-corrected chi connectivity index (χ3v) is 0.632. The lowest BCUT2D eigenvalue weighted by Crippen LogP contribution is -2.19. The molecule has 6 nitrogen and oxygen atoms in total. The van der Waals surface area contributed by atoms with E-state index >= 15 is 0 Å². The Kier molecular flexibility index (Phi) is 3.51. The van der Waals surface area contributed by atoms with Gasteiger partial charge in [-0.1, -0.05) is 3.89 Å². The molecule has 0 bridgehead atoms. The van der Waals surface area contributed by atoms with Gasteiger partial charge in [-0.15, -0.1) is 0 Å². The molecule has 12 heavy (non-hydrogen) atoms. The lowest BCUT2D eigenvalue weighted by atomic mass is 10.6. The molecule has 1 aliphatic rings. The van der Waals surface area contributed by atoms with E-state index in [1.165, 1.54) is 12.2 Å². The van der Waals surface area contributed by atoms with Crippen LogP contribution in [0.25, 0.3) is 0 Å². The van der Waals surface area contributed by atoms with Crippen LogP contribution in [-0.4, -0.2) is 24.8 Å². The van der Waals surface area contributed by atoms with Crippen LogP contribution >= 0.6 is 0 Å². The second-order valence-electron chi connectivity index (χ2n) is 1.60. The van der Waals surface area contributed by atoms with Crippen LogP contribution in [0.3, 0.4) is 0 Å². The van der Waals surface area contributed by atoms with Gasteiger partial charge in [-0.3, -0.25) is 19.5 Å². The van der Waals surface area contributed by atoms with Crippen molar-refractivity contribution in [1.29, 1.82) is 0 Å². The molecule has 0 saturated carbocycles. The van der Waals surface area contributed by atoms with Crippen LogP contribution in [-0.2, 0) is 20.1 Å². The van der Waals surface area contributed by atoms with E-state index in [4.69, 9.17) is 13.0 Å². The lowest BCUT2D eigenvalue weighted by molar-refractivity contribution is -0.123. The molecule has 1 heterocycles. The SMILES string of the molecule is O=C1C=CC(=O)N1.O=S(=O)(O)F. The van der Waals surface area contributed by atoms with Gasteiger partial charge in [0.1, 0.15) is 0 Å². The average molecular weight is 197 g/mol. The summed E-state index contributed by atoms with van der Waals surface area (Å²) in [7, 11) is -5.17. The van der Waals surface area contributed by atoms with Crippen LogP contribution in [0.4, 0.5) is 3.89 Å². The highest BCUT2D eigenvalue weighted by Gasteiger charge is 2.06. The van der Waals surface area contributed by atoms with E-state index in [2.05, 4.69) is 0 Å². The van der Waals surface area contributed by atoms with Gasteiger partial charge in [0, 0.05) is 12.2 Å². The maximum absolute atomic E-state index is 10.2. The second-order valence-corrected chi connectivity index (χ2v) is 2.42. The number of halogens is 1. The minimum absolute atomic E-state index is 0.329. The minimum Gasteiger partial charge on any atom is -0.289 e. The number of imide groups is 1. The van der Waals surface area contributed by atoms with Gasteiger partial charge in [-0.2, -0.15) is 8.42 Å². The van der Waals surface area contributed by atoms with Gasteiger partial charge in [0.15, 0.2) is 0 Å². The fourth-order valence-electron chi connectivity index (χ4n) is 0.356. The van der Waals surface area contributed by atoms with Gasteiger partial charge < -0.3 is 0 Å². The summed E-state index contributed by atoms with van der Waals surface area (Å²) < 4.78 is 34.1. The summed E-state index contributed by atoms with van der Waals surface area (Å²) in [6, 6.07) is 0. The largest absolute Gasteiger partial charge is 0.435 e. The number of carbonyl (C=O) groups excluding carboxylic acids is 2. The predicted molar refractivity (Wildman–Crippen MR) is 34.9 cm³/mol. The van der Waals surface area contributed by atoms with Gasteiger partial charge in [0.2, 0.25) is 0 Å². The number of carbonyl (C=O) groups is 2. The standard InChI is InChI=1S/C4H3NO2.FHO3S/c6-3-1-2-4(7)5-3;1-5(2,3)4/h1-2H,(H,5,6,7);(H,2,3,4). The summed E-state index contributed by atoms with van der Waals surface area (Å²) in [4.78, 5) is 20.1. The van der Waals surface area contributed by atoms with Crippen molar-refractivity contribution in [3.8, 4) is 0 Å². The molecule has 0 aromatic heterocycles. The zero-order valence-corrected chi connectivity index (χ0v) is 6.34. The molecule has 68 valence electrons. The molecule has 0 saturated heterocycles. The molecule has 0 spiro atoms. The molecule has 8 heteroatoms. The minimum atomic E-state index is -5.17. The van der Waals surface area contributed by atoms with Crippen molar-refractivity contribution in [3.05, 3.63) is 12.2 Å². The highest BCUT2D eigenvalue weighted by atomic mass is 32.3. The first-order chi connectivity index (χ1) is 5.29. The predicted octanol–water partition coefficient (Wildman–Crippen LogP) is -1.04. The third kappa shape index (κ3) is 8.72. The number of hydrogen-bond acceptors (Lipinski definition) is 4. The first-order valence-electron chi connectivity index (χ1n) is 2.49. The fraction of sp³-hybridized carbons (Fsp3) is 0. The van der Waals surface area contributed by atoms with Gasteiger partial charge >= 0.3 is 10.5 Å². The first kappa shape index (κ1) is 10.7. The van der Waals surface area contributed by atoms with Crippen molar-refractivity contribution in [3.63, 3.8) is 0 Å². The molecule has 1 rings (SSSR count). The second kappa shape index (κ2) is 3.93. The molecule has 0 fully saturated rings. The van der Waals surface area contributed by atoms with E-state index in [1.807, 2.05) is 5.32 Å². The number of amides is 2. The Morgan fingerprint density at radius 1 is 1.25 bits per heavy atom.